The van der Waals surface area contributed by atoms with Crippen molar-refractivity contribution in [1.29, 1.82) is 0 Å². The van der Waals surface area contributed by atoms with Gasteiger partial charge in [0.1, 0.15) is 0 Å². The molecule has 0 spiro atoms. The van der Waals surface area contributed by atoms with Gasteiger partial charge in [0.15, 0.2) is 0 Å². The fourth-order valence-corrected chi connectivity index (χ4v) is 1.46. The molecule has 0 aliphatic rings. The molecule has 1 atom stereocenters. The summed E-state index contributed by atoms with van der Waals surface area (Å²) in [7, 11) is 0. The first kappa shape index (κ1) is 15.3. The van der Waals surface area contributed by atoms with Crippen LogP contribution >= 0.6 is 0 Å². The second kappa shape index (κ2) is 6.42. The summed E-state index contributed by atoms with van der Waals surface area (Å²) < 4.78 is 38.0. The number of nitrogens with one attached hydrogen (secondary N) is 2. The minimum atomic E-state index is -4.54. The molecule has 0 aliphatic heterocycles. The molecule has 106 valence electrons. The summed E-state index contributed by atoms with van der Waals surface area (Å²) in [6.07, 6.45) is -4.06. The molecule has 0 aliphatic carbocycles. The van der Waals surface area contributed by atoms with Gasteiger partial charge >= 0.3 is 12.2 Å². The zero-order valence-corrected chi connectivity index (χ0v) is 10.3. The van der Waals surface area contributed by atoms with Crippen LogP contribution in [0.15, 0.2) is 24.3 Å². The van der Waals surface area contributed by atoms with Crippen molar-refractivity contribution in [2.24, 2.45) is 0 Å². The molecule has 0 heterocycles. The average molecular weight is 276 g/mol. The topological polar surface area (TPSA) is 61.4 Å². The Hall–Kier alpha value is -1.76. The van der Waals surface area contributed by atoms with Crippen molar-refractivity contribution < 1.29 is 23.1 Å². The fourth-order valence-electron chi connectivity index (χ4n) is 1.46. The Bertz CT molecular complexity index is 431. The van der Waals surface area contributed by atoms with Crippen LogP contribution in [-0.2, 0) is 6.18 Å². The first-order valence-corrected chi connectivity index (χ1v) is 5.73. The highest BCUT2D eigenvalue weighted by molar-refractivity contribution is 5.90. The Morgan fingerprint density at radius 3 is 2.53 bits per heavy atom. The number of hydrogen-bond donors (Lipinski definition) is 3. The maximum atomic E-state index is 12.7. The number of amides is 2. The molecule has 0 unspecified atom stereocenters. The fraction of sp³-hybridized carbons (Fsp3) is 0.417. The number of carbonyl (C=O) groups is 1. The Kier molecular flexibility index (Phi) is 5.17. The summed E-state index contributed by atoms with van der Waals surface area (Å²) in [4.78, 5) is 11.5. The molecule has 0 aromatic heterocycles. The quantitative estimate of drug-likeness (QED) is 0.791. The standard InChI is InChI=1S/C12H15F3N2O2/c1-2-8(7-18)16-11(19)17-10-6-4-3-5-9(10)12(13,14)15/h3-6,8,18H,2,7H2,1H3,(H2,16,17,19)/t8-/m1/s1. The molecule has 3 N–H and O–H groups in total. The van der Waals surface area contributed by atoms with Crippen molar-refractivity contribution in [2.45, 2.75) is 25.6 Å². The summed E-state index contributed by atoms with van der Waals surface area (Å²) in [5.74, 6) is 0. The van der Waals surface area contributed by atoms with Crippen LogP contribution in [0.1, 0.15) is 18.9 Å². The monoisotopic (exact) mass is 276 g/mol. The summed E-state index contributed by atoms with van der Waals surface area (Å²) >= 11 is 0. The van der Waals surface area contributed by atoms with Gasteiger partial charge in [-0.1, -0.05) is 19.1 Å². The zero-order valence-electron chi connectivity index (χ0n) is 10.3. The van der Waals surface area contributed by atoms with E-state index < -0.39 is 23.8 Å². The molecular formula is C12H15F3N2O2. The number of anilines is 1. The molecule has 1 aromatic rings. The van der Waals surface area contributed by atoms with Crippen LogP contribution in [0.5, 0.6) is 0 Å². The number of hydrogen-bond acceptors (Lipinski definition) is 2. The van der Waals surface area contributed by atoms with E-state index in [4.69, 9.17) is 5.11 Å². The highest BCUT2D eigenvalue weighted by Crippen LogP contribution is 2.34. The molecular weight excluding hydrogens is 261 g/mol. The third-order valence-electron chi connectivity index (χ3n) is 2.53. The van der Waals surface area contributed by atoms with Crippen LogP contribution in [0.4, 0.5) is 23.7 Å². The van der Waals surface area contributed by atoms with E-state index in [1.165, 1.54) is 18.2 Å². The van der Waals surface area contributed by atoms with Crippen LogP contribution in [0.25, 0.3) is 0 Å². The Morgan fingerprint density at radius 2 is 2.00 bits per heavy atom. The van der Waals surface area contributed by atoms with Gasteiger partial charge in [0, 0.05) is 0 Å². The van der Waals surface area contributed by atoms with E-state index in [1.807, 2.05) is 0 Å². The van der Waals surface area contributed by atoms with Crippen molar-refractivity contribution in [3.63, 3.8) is 0 Å². The van der Waals surface area contributed by atoms with E-state index >= 15 is 0 Å². The van der Waals surface area contributed by atoms with Crippen molar-refractivity contribution in [2.75, 3.05) is 11.9 Å². The van der Waals surface area contributed by atoms with E-state index in [9.17, 15) is 18.0 Å². The number of aliphatic hydroxyl groups is 1. The van der Waals surface area contributed by atoms with Crippen LogP contribution in [0.3, 0.4) is 0 Å². The Labute approximate surface area is 108 Å². The van der Waals surface area contributed by atoms with Crippen LogP contribution in [-0.4, -0.2) is 23.8 Å². The van der Waals surface area contributed by atoms with Gasteiger partial charge in [0.25, 0.3) is 0 Å². The molecule has 1 rings (SSSR count). The lowest BCUT2D eigenvalue weighted by Gasteiger charge is -2.17. The van der Waals surface area contributed by atoms with Gasteiger partial charge in [-0.15, -0.1) is 0 Å². The van der Waals surface area contributed by atoms with Gasteiger partial charge < -0.3 is 15.7 Å². The molecule has 1 aromatic carbocycles. The van der Waals surface area contributed by atoms with E-state index in [2.05, 4.69) is 10.6 Å². The lowest BCUT2D eigenvalue weighted by molar-refractivity contribution is -0.136. The normalized spacial score (nSPS) is 12.9. The smallest absolute Gasteiger partial charge is 0.394 e. The zero-order chi connectivity index (χ0) is 14.5. The summed E-state index contributed by atoms with van der Waals surface area (Å²) in [5.41, 5.74) is -1.23. The predicted octanol–water partition coefficient (Wildman–Crippen LogP) is 2.60. The minimum absolute atomic E-state index is 0.273. The third-order valence-corrected chi connectivity index (χ3v) is 2.53. The minimum Gasteiger partial charge on any atom is -0.394 e. The molecule has 0 fully saturated rings. The maximum absolute atomic E-state index is 12.7. The Morgan fingerprint density at radius 1 is 1.37 bits per heavy atom. The second-order valence-electron chi connectivity index (χ2n) is 3.93. The van der Waals surface area contributed by atoms with E-state index in [0.29, 0.717) is 6.42 Å². The van der Waals surface area contributed by atoms with Gasteiger partial charge in [-0.25, -0.2) is 4.79 Å². The molecule has 7 heteroatoms. The number of urea groups is 1. The number of alkyl halides is 3. The first-order chi connectivity index (χ1) is 8.88. The highest BCUT2D eigenvalue weighted by Gasteiger charge is 2.33. The van der Waals surface area contributed by atoms with Gasteiger partial charge in [0.2, 0.25) is 0 Å². The van der Waals surface area contributed by atoms with Crippen LogP contribution in [0, 0.1) is 0 Å². The molecule has 4 nitrogen and oxygen atoms in total. The number of para-hydroxylation sites is 1. The van der Waals surface area contributed by atoms with Gasteiger partial charge in [-0.05, 0) is 18.6 Å². The van der Waals surface area contributed by atoms with Crippen molar-refractivity contribution >= 4 is 11.7 Å². The largest absolute Gasteiger partial charge is 0.418 e. The third kappa shape index (κ3) is 4.44. The van der Waals surface area contributed by atoms with Crippen molar-refractivity contribution in [1.82, 2.24) is 5.32 Å². The molecule has 0 radical (unpaired) electrons. The lowest BCUT2D eigenvalue weighted by Crippen LogP contribution is -2.40. The number of rotatable bonds is 4. The summed E-state index contributed by atoms with van der Waals surface area (Å²) in [5, 5.41) is 13.4. The predicted molar refractivity (Wildman–Crippen MR) is 64.8 cm³/mol. The molecule has 19 heavy (non-hydrogen) atoms. The van der Waals surface area contributed by atoms with Gasteiger partial charge in [-0.3, -0.25) is 0 Å². The van der Waals surface area contributed by atoms with E-state index in [0.717, 1.165) is 6.07 Å². The van der Waals surface area contributed by atoms with Gasteiger partial charge in [0.05, 0.1) is 23.9 Å². The number of halogens is 3. The van der Waals surface area contributed by atoms with Crippen molar-refractivity contribution in [3.8, 4) is 0 Å². The van der Waals surface area contributed by atoms with Crippen LogP contribution in [0.2, 0.25) is 0 Å². The molecule has 2 amide bonds. The number of carbonyl (C=O) groups excluding carboxylic acids is 1. The second-order valence-corrected chi connectivity index (χ2v) is 3.93. The van der Waals surface area contributed by atoms with E-state index in [1.54, 1.807) is 6.92 Å². The molecule has 0 saturated heterocycles. The lowest BCUT2D eigenvalue weighted by atomic mass is 10.1. The van der Waals surface area contributed by atoms with Crippen LogP contribution < -0.4 is 10.6 Å². The van der Waals surface area contributed by atoms with E-state index in [-0.39, 0.29) is 12.3 Å². The Balaban J connectivity index is 2.80. The summed E-state index contributed by atoms with van der Waals surface area (Å²) in [6.45, 7) is 1.47. The maximum Gasteiger partial charge on any atom is 0.418 e. The molecule has 0 saturated carbocycles. The number of aliphatic hydroxyl groups excluding tert-OH is 1. The average Bonchev–Trinajstić information content (AvgIpc) is 2.35. The highest BCUT2D eigenvalue weighted by atomic mass is 19.4. The summed E-state index contributed by atoms with van der Waals surface area (Å²) in [6, 6.07) is 3.43. The number of benzene rings is 1. The SMILES string of the molecule is CC[C@H](CO)NC(=O)Nc1ccccc1C(F)(F)F. The van der Waals surface area contributed by atoms with Crippen molar-refractivity contribution in [3.05, 3.63) is 29.8 Å². The van der Waals surface area contributed by atoms with Gasteiger partial charge in [-0.2, -0.15) is 13.2 Å². The first-order valence-electron chi connectivity index (χ1n) is 5.73. The molecule has 0 bridgehead atoms.